The minimum Gasteiger partial charge on any atom is -0.508 e. The van der Waals surface area contributed by atoms with E-state index in [9.17, 15) is 18.6 Å². The molecule has 2 aromatic carbocycles. The van der Waals surface area contributed by atoms with Crippen molar-refractivity contribution in [3.05, 3.63) is 47.7 Å². The number of hydrogen-bond acceptors (Lipinski definition) is 11. The van der Waals surface area contributed by atoms with Crippen molar-refractivity contribution in [1.82, 2.24) is 24.2 Å². The summed E-state index contributed by atoms with van der Waals surface area (Å²) in [5.41, 5.74) is -0.933. The van der Waals surface area contributed by atoms with Gasteiger partial charge in [0.15, 0.2) is 5.82 Å². The van der Waals surface area contributed by atoms with Gasteiger partial charge in [-0.3, -0.25) is 9.88 Å². The highest BCUT2D eigenvalue weighted by atomic mass is 32.2. The Balaban J connectivity index is 1.20. The summed E-state index contributed by atoms with van der Waals surface area (Å²) >= 11 is 0. The molecular formula is C38H46F2N6O6S. The van der Waals surface area contributed by atoms with Gasteiger partial charge in [0.25, 0.3) is 0 Å². The van der Waals surface area contributed by atoms with Crippen molar-refractivity contribution in [2.24, 2.45) is 5.41 Å². The first kappa shape index (κ1) is 36.2. The molecule has 4 aliphatic rings. The zero-order chi connectivity index (χ0) is 37.3. The standard InChI is InChI=1S/C38H46F2N6O6S/c1-4-26-29(39)9-8-23-15-25(47)16-27(31(23)26)33-32(40)34-28(17-41-33)35(44-13-14-51-21-37(2,48)20-44)43-36(42-34)52-22-38-10-5-7-30(38)46(12-6-11-38)24-18-45(19-24)53(3,49)50/h8-9,15-17,24,30,47-48H,4-7,10-14,18-22H2,1-3H3/t30-,37+,38-/m1/s1. The summed E-state index contributed by atoms with van der Waals surface area (Å²) in [6, 6.07) is 6.16. The van der Waals surface area contributed by atoms with E-state index in [1.807, 2.05) is 11.8 Å². The van der Waals surface area contributed by atoms with Crippen LogP contribution in [0.4, 0.5) is 14.6 Å². The van der Waals surface area contributed by atoms with Gasteiger partial charge in [0.2, 0.25) is 10.0 Å². The Bertz CT molecular complexity index is 2180. The number of pyridine rings is 1. The maximum Gasteiger partial charge on any atom is 0.319 e. The Kier molecular flexibility index (Phi) is 9.24. The highest BCUT2D eigenvalue weighted by Gasteiger charge is 2.52. The molecule has 0 bridgehead atoms. The maximum absolute atomic E-state index is 17.1. The molecule has 15 heteroatoms. The smallest absolute Gasteiger partial charge is 0.319 e. The van der Waals surface area contributed by atoms with E-state index in [0.29, 0.717) is 66.8 Å². The molecule has 8 rings (SSSR count). The number of aromatic nitrogens is 3. The van der Waals surface area contributed by atoms with Gasteiger partial charge in [-0.2, -0.15) is 14.3 Å². The fourth-order valence-corrected chi connectivity index (χ4v) is 10.1. The van der Waals surface area contributed by atoms with Crippen molar-refractivity contribution in [3.63, 3.8) is 0 Å². The number of benzene rings is 2. The van der Waals surface area contributed by atoms with E-state index in [0.717, 1.165) is 38.6 Å². The molecule has 4 aromatic rings. The lowest BCUT2D eigenvalue weighted by atomic mass is 9.74. The van der Waals surface area contributed by atoms with E-state index < -0.39 is 27.3 Å². The number of fused-ring (bicyclic) bond motifs is 3. The van der Waals surface area contributed by atoms with Crippen LogP contribution < -0.4 is 9.64 Å². The summed E-state index contributed by atoms with van der Waals surface area (Å²) in [6.07, 6.45) is 7.89. The lowest BCUT2D eigenvalue weighted by molar-refractivity contribution is -0.0481. The van der Waals surface area contributed by atoms with Crippen LogP contribution in [0, 0.1) is 17.0 Å². The Morgan fingerprint density at radius 1 is 1.11 bits per heavy atom. The molecule has 53 heavy (non-hydrogen) atoms. The summed E-state index contributed by atoms with van der Waals surface area (Å²) < 4.78 is 70.1. The summed E-state index contributed by atoms with van der Waals surface area (Å²) in [5, 5.41) is 23.1. The molecule has 0 spiro atoms. The van der Waals surface area contributed by atoms with E-state index in [2.05, 4.69) is 14.9 Å². The highest BCUT2D eigenvalue weighted by Crippen LogP contribution is 2.49. The van der Waals surface area contributed by atoms with Gasteiger partial charge in [0, 0.05) is 48.9 Å². The minimum absolute atomic E-state index is 0.0153. The number of phenolic OH excluding ortho intramolecular Hbond substituents is 1. The SMILES string of the molecule is CCc1c(F)ccc2cc(O)cc(-c3ncc4c(N5CCOC[C@@](C)(O)C5)nc(OC[C@]56CCC[C@H]5N(C5CN(S(C)(=O)=O)C5)CCC6)nc4c3F)c12. The van der Waals surface area contributed by atoms with Crippen molar-refractivity contribution < 1.29 is 36.9 Å². The van der Waals surface area contributed by atoms with Crippen LogP contribution in [-0.2, 0) is 21.2 Å². The number of ether oxygens (including phenoxy) is 2. The van der Waals surface area contributed by atoms with E-state index in [1.54, 1.807) is 13.0 Å². The van der Waals surface area contributed by atoms with Crippen molar-refractivity contribution in [2.45, 2.75) is 70.1 Å². The monoisotopic (exact) mass is 752 g/mol. The number of halogens is 2. The highest BCUT2D eigenvalue weighted by molar-refractivity contribution is 7.88. The molecular weight excluding hydrogens is 707 g/mol. The van der Waals surface area contributed by atoms with Crippen LogP contribution in [0.25, 0.3) is 32.9 Å². The number of anilines is 1. The molecule has 3 atom stereocenters. The van der Waals surface area contributed by atoms with Gasteiger partial charge >= 0.3 is 6.01 Å². The normalized spacial score (nSPS) is 26.2. The number of β-amino-alcohol motifs (C(OH)–C–C–N with tert-alkyl or cyclic N) is 1. The topological polar surface area (TPSA) is 141 Å². The minimum atomic E-state index is -3.23. The molecule has 2 aromatic heterocycles. The first-order valence-corrected chi connectivity index (χ1v) is 20.3. The quantitative estimate of drug-likeness (QED) is 0.260. The third-order valence-electron chi connectivity index (χ3n) is 11.8. The molecule has 3 saturated heterocycles. The van der Waals surface area contributed by atoms with Crippen molar-refractivity contribution >= 4 is 37.5 Å². The van der Waals surface area contributed by atoms with Crippen molar-refractivity contribution in [1.29, 1.82) is 0 Å². The Hall–Kier alpha value is -3.76. The second-order valence-corrected chi connectivity index (χ2v) is 17.6. The van der Waals surface area contributed by atoms with Crippen LogP contribution >= 0.6 is 0 Å². The number of aromatic hydroxyl groups is 1. The Morgan fingerprint density at radius 2 is 1.91 bits per heavy atom. The fourth-order valence-electron chi connectivity index (χ4n) is 9.21. The Labute approximate surface area is 307 Å². The molecule has 12 nitrogen and oxygen atoms in total. The predicted molar refractivity (Wildman–Crippen MR) is 197 cm³/mol. The summed E-state index contributed by atoms with van der Waals surface area (Å²) in [6.45, 7) is 6.63. The van der Waals surface area contributed by atoms with Crippen LogP contribution in [-0.4, -0.2) is 119 Å². The van der Waals surface area contributed by atoms with Gasteiger partial charge in [-0.05, 0) is 80.1 Å². The Morgan fingerprint density at radius 3 is 2.68 bits per heavy atom. The van der Waals surface area contributed by atoms with Gasteiger partial charge < -0.3 is 24.6 Å². The number of hydrogen-bond donors (Lipinski definition) is 2. The predicted octanol–water partition coefficient (Wildman–Crippen LogP) is 4.64. The lowest BCUT2D eigenvalue weighted by Crippen LogP contribution is -2.66. The number of likely N-dealkylation sites (tertiary alicyclic amines) is 1. The molecule has 0 unspecified atom stereocenters. The average molecular weight is 753 g/mol. The average Bonchev–Trinajstić information content (AvgIpc) is 3.43. The van der Waals surface area contributed by atoms with E-state index >= 15 is 8.78 Å². The number of sulfonamides is 1. The number of phenols is 1. The number of piperidine rings is 1. The van der Waals surface area contributed by atoms with Crippen LogP contribution in [0.15, 0.2) is 30.5 Å². The van der Waals surface area contributed by atoms with Gasteiger partial charge in [0.05, 0.1) is 38.0 Å². The molecule has 0 radical (unpaired) electrons. The zero-order valence-electron chi connectivity index (χ0n) is 30.3. The summed E-state index contributed by atoms with van der Waals surface area (Å²) in [5.74, 6) is -0.969. The third kappa shape index (κ3) is 6.58. The fraction of sp³-hybridized carbons (Fsp3) is 0.553. The van der Waals surface area contributed by atoms with Crippen molar-refractivity contribution in [2.75, 3.05) is 63.7 Å². The second kappa shape index (κ2) is 13.5. The summed E-state index contributed by atoms with van der Waals surface area (Å²) in [4.78, 5) is 18.3. The molecule has 5 heterocycles. The number of aliphatic hydroxyl groups is 1. The zero-order valence-corrected chi connectivity index (χ0v) is 31.1. The van der Waals surface area contributed by atoms with Crippen LogP contribution in [0.3, 0.4) is 0 Å². The molecule has 0 amide bonds. The van der Waals surface area contributed by atoms with Gasteiger partial charge in [-0.15, -0.1) is 0 Å². The molecule has 1 aliphatic carbocycles. The van der Waals surface area contributed by atoms with Crippen LogP contribution in [0.2, 0.25) is 0 Å². The van der Waals surface area contributed by atoms with E-state index in [4.69, 9.17) is 14.5 Å². The first-order valence-electron chi connectivity index (χ1n) is 18.5. The lowest BCUT2D eigenvalue weighted by Gasteiger charge is -2.53. The molecule has 1 saturated carbocycles. The first-order chi connectivity index (χ1) is 25.3. The molecule has 4 fully saturated rings. The van der Waals surface area contributed by atoms with E-state index in [1.165, 1.54) is 35.0 Å². The molecule has 3 aliphatic heterocycles. The molecule has 284 valence electrons. The maximum atomic E-state index is 17.1. The molecule has 2 N–H and O–H groups in total. The van der Waals surface area contributed by atoms with Gasteiger partial charge in [-0.1, -0.05) is 19.4 Å². The van der Waals surface area contributed by atoms with Crippen LogP contribution in [0.5, 0.6) is 11.8 Å². The number of rotatable bonds is 8. The third-order valence-corrected chi connectivity index (χ3v) is 13.0. The largest absolute Gasteiger partial charge is 0.508 e. The van der Waals surface area contributed by atoms with Crippen molar-refractivity contribution in [3.8, 4) is 23.0 Å². The van der Waals surface area contributed by atoms with E-state index in [-0.39, 0.29) is 59.2 Å². The second-order valence-electron chi connectivity index (χ2n) is 15.6. The number of nitrogens with zero attached hydrogens (tertiary/aromatic N) is 6. The van der Waals surface area contributed by atoms with Gasteiger partial charge in [0.1, 0.15) is 34.2 Å². The number of aryl methyl sites for hydroxylation is 1. The van der Waals surface area contributed by atoms with Crippen LogP contribution in [0.1, 0.15) is 51.5 Å². The summed E-state index contributed by atoms with van der Waals surface area (Å²) in [7, 11) is -3.23. The van der Waals surface area contributed by atoms with Gasteiger partial charge in [-0.25, -0.2) is 17.2 Å².